The van der Waals surface area contributed by atoms with E-state index in [1.165, 1.54) is 25.7 Å². The van der Waals surface area contributed by atoms with Crippen molar-refractivity contribution in [2.75, 3.05) is 5.73 Å². The van der Waals surface area contributed by atoms with Gasteiger partial charge in [-0.15, -0.1) is 11.3 Å². The number of rotatable bonds is 2. The molecular weight excluding hydrogens is 470 g/mol. The summed E-state index contributed by atoms with van der Waals surface area (Å²) in [5, 5.41) is 0. The molecule has 7 heteroatoms. The predicted octanol–water partition coefficient (Wildman–Crippen LogP) is 5.73. The van der Waals surface area contributed by atoms with Gasteiger partial charge >= 0.3 is 0 Å². The van der Waals surface area contributed by atoms with Gasteiger partial charge in [-0.05, 0) is 66.7 Å². The van der Waals surface area contributed by atoms with Crippen LogP contribution < -0.4 is 5.73 Å². The maximum absolute atomic E-state index is 6.05. The third-order valence-corrected chi connectivity index (χ3v) is 7.57. The summed E-state index contributed by atoms with van der Waals surface area (Å²) >= 11 is 12.2. The topological polar surface area (TPSA) is 51.8 Å². The van der Waals surface area contributed by atoms with Crippen molar-refractivity contribution in [1.82, 2.24) is 9.97 Å². The van der Waals surface area contributed by atoms with Gasteiger partial charge in [0.25, 0.3) is 0 Å². The van der Waals surface area contributed by atoms with Crippen LogP contribution in [-0.2, 0) is 0 Å². The highest BCUT2D eigenvalue weighted by atomic mass is 79.9. The Balaban J connectivity index is 2.08. The predicted molar refractivity (Wildman–Crippen MR) is 94.1 cm³/mol. The first-order chi connectivity index (χ1) is 9.56. The Hall–Kier alpha value is 0.0200. The lowest BCUT2D eigenvalue weighted by Gasteiger charge is -2.13. The lowest BCUT2D eigenvalue weighted by molar-refractivity contribution is 0.692. The minimum atomic E-state index is 0.500. The normalized spacial score (nSPS) is 15.9. The number of hydrogen-bond acceptors (Lipinski definition) is 4. The number of anilines is 1. The molecule has 0 spiro atoms. The number of nitrogens with zero attached hydrogens (tertiary/aromatic N) is 2. The average molecular weight is 482 g/mol. The summed E-state index contributed by atoms with van der Waals surface area (Å²) < 4.78 is 2.92. The van der Waals surface area contributed by atoms with Crippen molar-refractivity contribution in [2.24, 2.45) is 0 Å². The third-order valence-electron chi connectivity index (χ3n) is 3.51. The molecule has 0 aliphatic heterocycles. The molecular formula is C13H12Br3N3S. The van der Waals surface area contributed by atoms with Crippen molar-refractivity contribution >= 4 is 64.9 Å². The first-order valence-corrected chi connectivity index (χ1v) is 9.54. The summed E-state index contributed by atoms with van der Waals surface area (Å²) in [6, 6.07) is 2.02. The lowest BCUT2D eigenvalue weighted by Crippen LogP contribution is -2.05. The first-order valence-electron chi connectivity index (χ1n) is 6.34. The van der Waals surface area contributed by atoms with Gasteiger partial charge in [-0.2, -0.15) is 0 Å². The van der Waals surface area contributed by atoms with E-state index < -0.39 is 0 Å². The molecule has 3 rings (SSSR count). The van der Waals surface area contributed by atoms with Crippen molar-refractivity contribution in [3.8, 4) is 10.7 Å². The fourth-order valence-electron chi connectivity index (χ4n) is 2.52. The Morgan fingerprint density at radius 3 is 2.45 bits per heavy atom. The minimum absolute atomic E-state index is 0.500. The minimum Gasteiger partial charge on any atom is -0.383 e. The van der Waals surface area contributed by atoms with Crippen molar-refractivity contribution < 1.29 is 0 Å². The zero-order valence-electron chi connectivity index (χ0n) is 10.5. The van der Waals surface area contributed by atoms with Crippen LogP contribution in [0.25, 0.3) is 10.7 Å². The molecule has 106 valence electrons. The first kappa shape index (κ1) is 14.9. The van der Waals surface area contributed by atoms with Gasteiger partial charge in [-0.1, -0.05) is 12.8 Å². The number of nitrogens with two attached hydrogens (primary N) is 1. The molecule has 3 nitrogen and oxygen atoms in total. The van der Waals surface area contributed by atoms with Gasteiger partial charge in [0.2, 0.25) is 0 Å². The molecule has 2 heterocycles. The van der Waals surface area contributed by atoms with Crippen LogP contribution in [0.5, 0.6) is 0 Å². The molecule has 1 aliphatic rings. The Morgan fingerprint density at radius 2 is 1.85 bits per heavy atom. The summed E-state index contributed by atoms with van der Waals surface area (Å²) in [6.45, 7) is 0. The van der Waals surface area contributed by atoms with Crippen LogP contribution in [0.4, 0.5) is 5.82 Å². The SMILES string of the molecule is Nc1nc(-c2cc(Br)c(Br)s2)nc(C2CCCC2)c1Br. The van der Waals surface area contributed by atoms with E-state index in [2.05, 4.69) is 52.8 Å². The third kappa shape index (κ3) is 2.82. The van der Waals surface area contributed by atoms with E-state index in [-0.39, 0.29) is 0 Å². The zero-order valence-corrected chi connectivity index (χ0v) is 16.1. The molecule has 0 bridgehead atoms. The molecule has 0 radical (unpaired) electrons. The van der Waals surface area contributed by atoms with Gasteiger partial charge in [0, 0.05) is 10.4 Å². The second-order valence-corrected chi connectivity index (χ2v) is 8.86. The summed E-state index contributed by atoms with van der Waals surface area (Å²) in [5.74, 6) is 1.74. The summed E-state index contributed by atoms with van der Waals surface area (Å²) in [5.41, 5.74) is 7.12. The number of thiophene rings is 1. The van der Waals surface area contributed by atoms with Crippen molar-refractivity contribution in [1.29, 1.82) is 0 Å². The van der Waals surface area contributed by atoms with Gasteiger partial charge in [-0.25, -0.2) is 9.97 Å². The standard InChI is InChI=1S/C13H12Br3N3S/c14-7-5-8(20-11(7)16)13-18-10(6-3-1-2-4-6)9(15)12(17)19-13/h5-6H,1-4H2,(H2,17,18,19). The Bertz CT molecular complexity index is 631. The Labute approximate surface area is 146 Å². The second-order valence-electron chi connectivity index (χ2n) is 4.85. The van der Waals surface area contributed by atoms with Crippen LogP contribution in [0.3, 0.4) is 0 Å². The molecule has 0 amide bonds. The Morgan fingerprint density at radius 1 is 1.15 bits per heavy atom. The van der Waals surface area contributed by atoms with Crippen LogP contribution in [0.2, 0.25) is 0 Å². The number of hydrogen-bond donors (Lipinski definition) is 1. The van der Waals surface area contributed by atoms with Gasteiger partial charge in [0.15, 0.2) is 5.82 Å². The zero-order chi connectivity index (χ0) is 14.3. The quantitative estimate of drug-likeness (QED) is 0.595. The fraction of sp³-hybridized carbons (Fsp3) is 0.385. The molecule has 0 atom stereocenters. The van der Waals surface area contributed by atoms with E-state index in [4.69, 9.17) is 10.7 Å². The van der Waals surface area contributed by atoms with Crippen LogP contribution >= 0.6 is 59.1 Å². The van der Waals surface area contributed by atoms with E-state index >= 15 is 0 Å². The summed E-state index contributed by atoms with van der Waals surface area (Å²) in [6.07, 6.45) is 4.91. The Kier molecular flexibility index (Phi) is 4.50. The van der Waals surface area contributed by atoms with E-state index in [1.807, 2.05) is 6.07 Å². The fourth-order valence-corrected chi connectivity index (χ4v) is 4.99. The molecule has 20 heavy (non-hydrogen) atoms. The second kappa shape index (κ2) is 6.02. The molecule has 0 unspecified atom stereocenters. The van der Waals surface area contributed by atoms with E-state index in [0.29, 0.717) is 17.6 Å². The van der Waals surface area contributed by atoms with Gasteiger partial charge in [0.05, 0.1) is 18.8 Å². The monoisotopic (exact) mass is 479 g/mol. The smallest absolute Gasteiger partial charge is 0.172 e. The molecule has 2 aromatic heterocycles. The molecule has 0 saturated heterocycles. The maximum Gasteiger partial charge on any atom is 0.172 e. The van der Waals surface area contributed by atoms with Gasteiger partial charge in [-0.3, -0.25) is 0 Å². The van der Waals surface area contributed by atoms with Gasteiger partial charge < -0.3 is 5.73 Å². The van der Waals surface area contributed by atoms with Crippen molar-refractivity contribution in [3.63, 3.8) is 0 Å². The molecule has 1 saturated carbocycles. The van der Waals surface area contributed by atoms with Gasteiger partial charge in [0.1, 0.15) is 5.82 Å². The number of nitrogen functional groups attached to an aromatic ring is 1. The molecule has 0 aromatic carbocycles. The van der Waals surface area contributed by atoms with Crippen molar-refractivity contribution in [3.05, 3.63) is 24.5 Å². The summed E-state index contributed by atoms with van der Waals surface area (Å²) in [7, 11) is 0. The molecule has 1 fully saturated rings. The highest BCUT2D eigenvalue weighted by Gasteiger charge is 2.24. The number of aromatic nitrogens is 2. The van der Waals surface area contributed by atoms with Crippen LogP contribution in [-0.4, -0.2) is 9.97 Å². The van der Waals surface area contributed by atoms with E-state index in [0.717, 1.165) is 23.3 Å². The average Bonchev–Trinajstić information content (AvgIpc) is 3.04. The van der Waals surface area contributed by atoms with Crippen LogP contribution in [0.15, 0.2) is 18.8 Å². The van der Waals surface area contributed by atoms with Crippen LogP contribution in [0.1, 0.15) is 37.3 Å². The number of halogens is 3. The molecule has 2 N–H and O–H groups in total. The molecule has 1 aliphatic carbocycles. The summed E-state index contributed by atoms with van der Waals surface area (Å²) in [4.78, 5) is 10.2. The van der Waals surface area contributed by atoms with E-state index in [1.54, 1.807) is 11.3 Å². The lowest BCUT2D eigenvalue weighted by atomic mass is 10.0. The molecule has 2 aromatic rings. The maximum atomic E-state index is 6.05. The van der Waals surface area contributed by atoms with Crippen LogP contribution in [0, 0.1) is 0 Å². The largest absolute Gasteiger partial charge is 0.383 e. The van der Waals surface area contributed by atoms with E-state index in [9.17, 15) is 0 Å². The highest BCUT2D eigenvalue weighted by Crippen LogP contribution is 2.41. The highest BCUT2D eigenvalue weighted by molar-refractivity contribution is 9.13. The van der Waals surface area contributed by atoms with Crippen molar-refractivity contribution in [2.45, 2.75) is 31.6 Å².